The van der Waals surface area contributed by atoms with Crippen molar-refractivity contribution in [3.63, 3.8) is 0 Å². The van der Waals surface area contributed by atoms with Gasteiger partial charge in [0.2, 0.25) is 0 Å². The van der Waals surface area contributed by atoms with Gasteiger partial charge in [-0.25, -0.2) is 0 Å². The highest BCUT2D eigenvalue weighted by Crippen LogP contribution is 2.14. The maximum Gasteiger partial charge on any atom is 0.312 e. The lowest BCUT2D eigenvalue weighted by molar-refractivity contribution is -0.138. The summed E-state index contributed by atoms with van der Waals surface area (Å²) < 4.78 is 5.64. The maximum absolute atomic E-state index is 11.4. The SMILES string of the molecule is CN1CCOC(CNCC(C(=O)O)c2ccccc2)C1. The Hall–Kier alpha value is -1.43. The first-order chi connectivity index (χ1) is 9.66. The van der Waals surface area contributed by atoms with E-state index in [1.807, 2.05) is 30.3 Å². The monoisotopic (exact) mass is 278 g/mol. The zero-order valence-electron chi connectivity index (χ0n) is 11.8. The molecular weight excluding hydrogens is 256 g/mol. The van der Waals surface area contributed by atoms with E-state index in [0.29, 0.717) is 13.1 Å². The summed E-state index contributed by atoms with van der Waals surface area (Å²) in [6, 6.07) is 9.33. The van der Waals surface area contributed by atoms with Gasteiger partial charge in [0.05, 0.1) is 18.6 Å². The molecule has 1 heterocycles. The van der Waals surface area contributed by atoms with Gasteiger partial charge < -0.3 is 20.1 Å². The molecule has 110 valence electrons. The molecule has 0 amide bonds. The Morgan fingerprint density at radius 2 is 2.25 bits per heavy atom. The molecule has 1 aliphatic heterocycles. The van der Waals surface area contributed by atoms with Crippen molar-refractivity contribution in [2.45, 2.75) is 12.0 Å². The fraction of sp³-hybridized carbons (Fsp3) is 0.533. The Morgan fingerprint density at radius 1 is 1.50 bits per heavy atom. The molecule has 2 atom stereocenters. The lowest BCUT2D eigenvalue weighted by Crippen LogP contribution is -2.45. The van der Waals surface area contributed by atoms with Crippen LogP contribution in [0.3, 0.4) is 0 Å². The molecule has 2 unspecified atom stereocenters. The Labute approximate surface area is 119 Å². The summed E-state index contributed by atoms with van der Waals surface area (Å²) in [6.45, 7) is 3.68. The summed E-state index contributed by atoms with van der Waals surface area (Å²) in [5.74, 6) is -1.32. The standard InChI is InChI=1S/C15H22N2O3/c1-17-7-8-20-13(11-17)9-16-10-14(15(18)19)12-5-3-2-4-6-12/h2-6,13-14,16H,7-11H2,1H3,(H,18,19). The van der Waals surface area contributed by atoms with Crippen LogP contribution in [-0.2, 0) is 9.53 Å². The number of carboxylic acid groups (broad SMARTS) is 1. The van der Waals surface area contributed by atoms with Gasteiger partial charge in [-0.2, -0.15) is 0 Å². The maximum atomic E-state index is 11.4. The minimum atomic E-state index is -0.801. The van der Waals surface area contributed by atoms with Crippen LogP contribution >= 0.6 is 0 Å². The zero-order valence-corrected chi connectivity index (χ0v) is 11.8. The highest BCUT2D eigenvalue weighted by atomic mass is 16.5. The molecule has 20 heavy (non-hydrogen) atoms. The number of aliphatic carboxylic acids is 1. The first-order valence-electron chi connectivity index (χ1n) is 6.95. The average molecular weight is 278 g/mol. The van der Waals surface area contributed by atoms with Crippen molar-refractivity contribution < 1.29 is 14.6 Å². The summed E-state index contributed by atoms with van der Waals surface area (Å²) >= 11 is 0. The molecule has 1 aromatic carbocycles. The number of nitrogens with zero attached hydrogens (tertiary/aromatic N) is 1. The molecule has 0 saturated carbocycles. The fourth-order valence-corrected chi connectivity index (χ4v) is 2.41. The van der Waals surface area contributed by atoms with Crippen LogP contribution < -0.4 is 5.32 Å². The predicted molar refractivity (Wildman–Crippen MR) is 76.9 cm³/mol. The van der Waals surface area contributed by atoms with E-state index >= 15 is 0 Å². The molecule has 1 saturated heterocycles. The number of hydrogen-bond acceptors (Lipinski definition) is 4. The summed E-state index contributed by atoms with van der Waals surface area (Å²) in [6.07, 6.45) is 0.138. The van der Waals surface area contributed by atoms with E-state index < -0.39 is 11.9 Å². The van der Waals surface area contributed by atoms with Crippen molar-refractivity contribution in [1.82, 2.24) is 10.2 Å². The zero-order chi connectivity index (χ0) is 14.4. The van der Waals surface area contributed by atoms with Gasteiger partial charge in [-0.1, -0.05) is 30.3 Å². The number of carboxylic acids is 1. The fourth-order valence-electron chi connectivity index (χ4n) is 2.41. The highest BCUT2D eigenvalue weighted by Gasteiger charge is 2.21. The molecule has 1 fully saturated rings. The number of ether oxygens (including phenoxy) is 1. The smallest absolute Gasteiger partial charge is 0.312 e. The molecule has 0 radical (unpaired) electrons. The molecule has 0 bridgehead atoms. The van der Waals surface area contributed by atoms with E-state index in [2.05, 4.69) is 17.3 Å². The summed E-state index contributed by atoms with van der Waals surface area (Å²) in [4.78, 5) is 13.6. The van der Waals surface area contributed by atoms with Crippen LogP contribution in [0.15, 0.2) is 30.3 Å². The minimum Gasteiger partial charge on any atom is -0.481 e. The summed E-state index contributed by atoms with van der Waals surface area (Å²) in [5, 5.41) is 12.5. The van der Waals surface area contributed by atoms with E-state index in [9.17, 15) is 9.90 Å². The van der Waals surface area contributed by atoms with E-state index in [-0.39, 0.29) is 6.10 Å². The van der Waals surface area contributed by atoms with Crippen LogP contribution in [0.2, 0.25) is 0 Å². The summed E-state index contributed by atoms with van der Waals surface area (Å²) in [7, 11) is 2.07. The van der Waals surface area contributed by atoms with Gasteiger partial charge >= 0.3 is 5.97 Å². The number of carbonyl (C=O) groups is 1. The number of benzene rings is 1. The Kier molecular flexibility index (Phi) is 5.52. The van der Waals surface area contributed by atoms with Crippen LogP contribution in [0.4, 0.5) is 0 Å². The van der Waals surface area contributed by atoms with Crippen LogP contribution in [-0.4, -0.2) is 61.9 Å². The lowest BCUT2D eigenvalue weighted by atomic mass is 9.99. The molecular formula is C15H22N2O3. The number of rotatable bonds is 6. The second-order valence-electron chi connectivity index (χ2n) is 5.21. The van der Waals surface area contributed by atoms with Gasteiger partial charge in [-0.05, 0) is 12.6 Å². The molecule has 0 aromatic heterocycles. The van der Waals surface area contributed by atoms with Crippen molar-refractivity contribution in [1.29, 1.82) is 0 Å². The molecule has 1 aromatic rings. The minimum absolute atomic E-state index is 0.138. The number of nitrogens with one attached hydrogen (secondary N) is 1. The van der Waals surface area contributed by atoms with Crippen molar-refractivity contribution >= 4 is 5.97 Å². The van der Waals surface area contributed by atoms with Crippen LogP contribution in [0.25, 0.3) is 0 Å². The van der Waals surface area contributed by atoms with Gasteiger partial charge in [0, 0.05) is 26.2 Å². The third-order valence-electron chi connectivity index (χ3n) is 3.56. The quantitative estimate of drug-likeness (QED) is 0.805. The number of likely N-dealkylation sites (N-methyl/N-ethyl adjacent to an activating group) is 1. The van der Waals surface area contributed by atoms with Gasteiger partial charge in [0.25, 0.3) is 0 Å². The van der Waals surface area contributed by atoms with Crippen LogP contribution in [0.5, 0.6) is 0 Å². The molecule has 0 spiro atoms. The van der Waals surface area contributed by atoms with E-state index in [0.717, 1.165) is 25.3 Å². The van der Waals surface area contributed by atoms with E-state index in [1.165, 1.54) is 0 Å². The first-order valence-corrected chi connectivity index (χ1v) is 6.95. The third kappa shape index (κ3) is 4.30. The van der Waals surface area contributed by atoms with Gasteiger partial charge in [0.15, 0.2) is 0 Å². The van der Waals surface area contributed by atoms with Gasteiger partial charge in [0.1, 0.15) is 0 Å². The second-order valence-corrected chi connectivity index (χ2v) is 5.21. The molecule has 2 N–H and O–H groups in total. The van der Waals surface area contributed by atoms with Gasteiger partial charge in [-0.15, -0.1) is 0 Å². The first kappa shape index (κ1) is 15.0. The third-order valence-corrected chi connectivity index (χ3v) is 3.56. The van der Waals surface area contributed by atoms with Crippen molar-refractivity contribution in [2.75, 3.05) is 39.8 Å². The Bertz CT molecular complexity index is 424. The number of hydrogen-bond donors (Lipinski definition) is 2. The molecule has 0 aliphatic carbocycles. The van der Waals surface area contributed by atoms with Gasteiger partial charge in [-0.3, -0.25) is 4.79 Å². The summed E-state index contributed by atoms with van der Waals surface area (Å²) in [5.41, 5.74) is 0.828. The number of morpholine rings is 1. The van der Waals surface area contributed by atoms with Crippen LogP contribution in [0.1, 0.15) is 11.5 Å². The average Bonchev–Trinajstić information content (AvgIpc) is 2.44. The molecule has 5 nitrogen and oxygen atoms in total. The van der Waals surface area contributed by atoms with Crippen LogP contribution in [0, 0.1) is 0 Å². The van der Waals surface area contributed by atoms with E-state index in [1.54, 1.807) is 0 Å². The highest BCUT2D eigenvalue weighted by molar-refractivity contribution is 5.76. The Balaban J connectivity index is 1.82. The van der Waals surface area contributed by atoms with Crippen molar-refractivity contribution in [3.05, 3.63) is 35.9 Å². The van der Waals surface area contributed by atoms with E-state index in [4.69, 9.17) is 4.74 Å². The largest absolute Gasteiger partial charge is 0.481 e. The Morgan fingerprint density at radius 3 is 2.90 bits per heavy atom. The van der Waals surface area contributed by atoms with Crippen molar-refractivity contribution in [2.24, 2.45) is 0 Å². The molecule has 2 rings (SSSR count). The predicted octanol–water partition coefficient (Wildman–Crippen LogP) is 0.775. The normalized spacial score (nSPS) is 21.6. The lowest BCUT2D eigenvalue weighted by Gasteiger charge is -2.30. The van der Waals surface area contributed by atoms with Crippen molar-refractivity contribution in [3.8, 4) is 0 Å². The topological polar surface area (TPSA) is 61.8 Å². The molecule has 5 heteroatoms. The molecule has 1 aliphatic rings. The second kappa shape index (κ2) is 7.38.